The van der Waals surface area contributed by atoms with E-state index >= 15 is 0 Å². The van der Waals surface area contributed by atoms with Crippen LogP contribution in [0.3, 0.4) is 0 Å². The third-order valence-corrected chi connectivity index (χ3v) is 3.33. The summed E-state index contributed by atoms with van der Waals surface area (Å²) in [6.07, 6.45) is 6.15. The summed E-state index contributed by atoms with van der Waals surface area (Å²) in [5, 5.41) is 0. The van der Waals surface area contributed by atoms with Crippen molar-refractivity contribution in [3.63, 3.8) is 0 Å². The number of hydrogen-bond donors (Lipinski definition) is 1. The van der Waals surface area contributed by atoms with E-state index in [2.05, 4.69) is 13.8 Å². The number of rotatable bonds is 8. The predicted molar refractivity (Wildman–Crippen MR) is 80.2 cm³/mol. The van der Waals surface area contributed by atoms with Crippen LogP contribution in [-0.2, 0) is 6.54 Å². The predicted octanol–water partition coefficient (Wildman–Crippen LogP) is 3.13. The molecular formula is C15H27N3O. The van der Waals surface area contributed by atoms with Gasteiger partial charge in [0.1, 0.15) is 5.69 Å². The standard InChI is InChI=1S/C15H27N3O/c1-4-7-9-18(10-8-5-2)15(19)14-11-13(16)12-17(14)6-3/h11-12H,4-10,16H2,1-3H3. The quantitative estimate of drug-likeness (QED) is 0.785. The molecule has 0 saturated carbocycles. The fraction of sp³-hybridized carbons (Fsp3) is 0.667. The van der Waals surface area contributed by atoms with Gasteiger partial charge in [0, 0.05) is 25.8 Å². The largest absolute Gasteiger partial charge is 0.397 e. The Balaban J connectivity index is 2.83. The van der Waals surface area contributed by atoms with E-state index in [0.717, 1.165) is 45.3 Å². The molecule has 4 nitrogen and oxygen atoms in total. The third-order valence-electron chi connectivity index (χ3n) is 3.33. The lowest BCUT2D eigenvalue weighted by Crippen LogP contribution is -2.34. The summed E-state index contributed by atoms with van der Waals surface area (Å²) in [5.74, 6) is 0.112. The lowest BCUT2D eigenvalue weighted by atomic mass is 10.2. The van der Waals surface area contributed by atoms with E-state index in [-0.39, 0.29) is 5.91 Å². The van der Waals surface area contributed by atoms with E-state index in [1.807, 2.05) is 22.6 Å². The summed E-state index contributed by atoms with van der Waals surface area (Å²) >= 11 is 0. The Morgan fingerprint density at radius 1 is 1.21 bits per heavy atom. The zero-order valence-corrected chi connectivity index (χ0v) is 12.5. The van der Waals surface area contributed by atoms with Crippen molar-refractivity contribution in [1.82, 2.24) is 9.47 Å². The van der Waals surface area contributed by atoms with E-state index in [0.29, 0.717) is 11.4 Å². The number of unbranched alkanes of at least 4 members (excludes halogenated alkanes) is 2. The van der Waals surface area contributed by atoms with Gasteiger partial charge in [0.2, 0.25) is 0 Å². The van der Waals surface area contributed by atoms with Crippen molar-refractivity contribution in [2.24, 2.45) is 0 Å². The maximum atomic E-state index is 12.6. The molecular weight excluding hydrogens is 238 g/mol. The Morgan fingerprint density at radius 3 is 2.26 bits per heavy atom. The number of nitrogens with zero attached hydrogens (tertiary/aromatic N) is 2. The average Bonchev–Trinajstić information content (AvgIpc) is 2.79. The van der Waals surface area contributed by atoms with Gasteiger partial charge < -0.3 is 15.2 Å². The molecule has 0 spiro atoms. The molecule has 2 N–H and O–H groups in total. The van der Waals surface area contributed by atoms with Crippen LogP contribution in [0.1, 0.15) is 56.9 Å². The van der Waals surface area contributed by atoms with Crippen LogP contribution in [0, 0.1) is 0 Å². The van der Waals surface area contributed by atoms with Crippen LogP contribution in [0.2, 0.25) is 0 Å². The number of nitrogens with two attached hydrogens (primary N) is 1. The Bertz CT molecular complexity index is 390. The number of aryl methyl sites for hydroxylation is 1. The lowest BCUT2D eigenvalue weighted by Gasteiger charge is -2.23. The highest BCUT2D eigenvalue weighted by molar-refractivity contribution is 5.93. The fourth-order valence-electron chi connectivity index (χ4n) is 2.15. The minimum atomic E-state index is 0.112. The molecule has 108 valence electrons. The molecule has 4 heteroatoms. The monoisotopic (exact) mass is 265 g/mol. The fourth-order valence-corrected chi connectivity index (χ4v) is 2.15. The van der Waals surface area contributed by atoms with E-state index < -0.39 is 0 Å². The second-order valence-corrected chi connectivity index (χ2v) is 4.94. The highest BCUT2D eigenvalue weighted by Gasteiger charge is 2.18. The number of aromatic nitrogens is 1. The number of anilines is 1. The summed E-state index contributed by atoms with van der Waals surface area (Å²) < 4.78 is 1.93. The van der Waals surface area contributed by atoms with Gasteiger partial charge in [-0.05, 0) is 25.8 Å². The number of amides is 1. The van der Waals surface area contributed by atoms with Crippen molar-refractivity contribution in [2.75, 3.05) is 18.8 Å². The van der Waals surface area contributed by atoms with Crippen molar-refractivity contribution < 1.29 is 4.79 Å². The van der Waals surface area contributed by atoms with Gasteiger partial charge in [-0.2, -0.15) is 0 Å². The van der Waals surface area contributed by atoms with Crippen molar-refractivity contribution in [3.05, 3.63) is 18.0 Å². The molecule has 0 unspecified atom stereocenters. The molecule has 0 atom stereocenters. The van der Waals surface area contributed by atoms with Crippen molar-refractivity contribution in [2.45, 2.75) is 53.0 Å². The molecule has 0 aliphatic rings. The summed E-state index contributed by atoms with van der Waals surface area (Å²) in [6, 6.07) is 1.79. The van der Waals surface area contributed by atoms with Gasteiger partial charge in [0.15, 0.2) is 0 Å². The minimum absolute atomic E-state index is 0.112. The lowest BCUT2D eigenvalue weighted by molar-refractivity contribution is 0.0740. The third kappa shape index (κ3) is 4.30. The van der Waals surface area contributed by atoms with Crippen LogP contribution >= 0.6 is 0 Å². The molecule has 1 amide bonds. The van der Waals surface area contributed by atoms with Crippen LogP contribution in [0.25, 0.3) is 0 Å². The second kappa shape index (κ2) is 7.87. The van der Waals surface area contributed by atoms with Gasteiger partial charge >= 0.3 is 0 Å². The van der Waals surface area contributed by atoms with Crippen molar-refractivity contribution in [1.29, 1.82) is 0 Å². The maximum Gasteiger partial charge on any atom is 0.270 e. The SMILES string of the molecule is CCCCN(CCCC)C(=O)c1cc(N)cn1CC. The van der Waals surface area contributed by atoms with Crippen molar-refractivity contribution in [3.8, 4) is 0 Å². The molecule has 0 aromatic carbocycles. The van der Waals surface area contributed by atoms with Crippen LogP contribution < -0.4 is 5.73 Å². The Hall–Kier alpha value is -1.45. The highest BCUT2D eigenvalue weighted by atomic mass is 16.2. The first-order chi connectivity index (χ1) is 9.13. The molecule has 0 bridgehead atoms. The van der Waals surface area contributed by atoms with E-state index in [1.165, 1.54) is 0 Å². The number of nitrogen functional groups attached to an aromatic ring is 1. The van der Waals surface area contributed by atoms with E-state index in [4.69, 9.17) is 5.73 Å². The van der Waals surface area contributed by atoms with E-state index in [1.54, 1.807) is 6.07 Å². The second-order valence-electron chi connectivity index (χ2n) is 4.94. The first-order valence-corrected chi connectivity index (χ1v) is 7.38. The molecule has 1 aromatic rings. The number of carbonyl (C=O) groups excluding carboxylic acids is 1. The zero-order valence-electron chi connectivity index (χ0n) is 12.5. The summed E-state index contributed by atoms with van der Waals surface area (Å²) in [4.78, 5) is 14.6. The summed E-state index contributed by atoms with van der Waals surface area (Å²) in [7, 11) is 0. The Morgan fingerprint density at radius 2 is 1.79 bits per heavy atom. The first-order valence-electron chi connectivity index (χ1n) is 7.38. The van der Waals surface area contributed by atoms with Crippen LogP contribution in [-0.4, -0.2) is 28.5 Å². The molecule has 0 radical (unpaired) electrons. The molecule has 1 rings (SSSR count). The van der Waals surface area contributed by atoms with Gasteiger partial charge in [0.25, 0.3) is 5.91 Å². The highest BCUT2D eigenvalue weighted by Crippen LogP contribution is 2.14. The van der Waals surface area contributed by atoms with Crippen LogP contribution in [0.4, 0.5) is 5.69 Å². The topological polar surface area (TPSA) is 51.3 Å². The molecule has 1 heterocycles. The zero-order chi connectivity index (χ0) is 14.3. The van der Waals surface area contributed by atoms with Crippen LogP contribution in [0.5, 0.6) is 0 Å². The van der Waals surface area contributed by atoms with Crippen molar-refractivity contribution >= 4 is 11.6 Å². The first kappa shape index (κ1) is 15.6. The summed E-state index contributed by atoms with van der Waals surface area (Å²) in [6.45, 7) is 8.77. The van der Waals surface area contributed by atoms with E-state index in [9.17, 15) is 4.79 Å². The van der Waals surface area contributed by atoms with Gasteiger partial charge in [-0.25, -0.2) is 0 Å². The van der Waals surface area contributed by atoms with Gasteiger partial charge in [-0.15, -0.1) is 0 Å². The smallest absolute Gasteiger partial charge is 0.270 e. The molecule has 0 fully saturated rings. The molecule has 0 saturated heterocycles. The maximum absolute atomic E-state index is 12.6. The molecule has 1 aromatic heterocycles. The van der Waals surface area contributed by atoms with Crippen LogP contribution in [0.15, 0.2) is 12.3 Å². The molecule has 0 aliphatic heterocycles. The van der Waals surface area contributed by atoms with Gasteiger partial charge in [0.05, 0.1) is 5.69 Å². The Kier molecular flexibility index (Phi) is 6.46. The van der Waals surface area contributed by atoms with Gasteiger partial charge in [-0.1, -0.05) is 26.7 Å². The molecule has 19 heavy (non-hydrogen) atoms. The summed E-state index contributed by atoms with van der Waals surface area (Å²) in [5.41, 5.74) is 7.18. The number of hydrogen-bond acceptors (Lipinski definition) is 2. The molecule has 0 aliphatic carbocycles. The average molecular weight is 265 g/mol. The van der Waals surface area contributed by atoms with Gasteiger partial charge in [-0.3, -0.25) is 4.79 Å². The normalized spacial score (nSPS) is 10.7. The number of carbonyl (C=O) groups is 1. The minimum Gasteiger partial charge on any atom is -0.397 e. The Labute approximate surface area is 116 Å².